The molecule has 4 aromatic rings. The standard InChI is InChI=1S/C33H37Cl2N5O5S/c1-33(2,3)45-31(41)21-40(46(43,44)27-17-24(34)16-25(35)18-27)26-10-11-28-23(15-26)7-6-8-29(28)32(42)38-20-22-9-12-30(37-19-22)36-13-14-39(4)5/h6-12,15-19H,13-14,20-21H2,1-5H3,(H,36,37)(H,38,42). The molecule has 1 amide bonds. The minimum Gasteiger partial charge on any atom is -0.459 e. The Morgan fingerprint density at radius 3 is 2.30 bits per heavy atom. The molecule has 0 aliphatic heterocycles. The van der Waals surface area contributed by atoms with E-state index in [1.807, 2.05) is 26.2 Å². The number of carbonyl (C=O) groups excluding carboxylic acids is 2. The Morgan fingerprint density at radius 2 is 1.67 bits per heavy atom. The number of anilines is 2. The first kappa shape index (κ1) is 35.0. The number of benzene rings is 3. The molecule has 0 aliphatic carbocycles. The van der Waals surface area contributed by atoms with E-state index in [1.54, 1.807) is 63.4 Å². The van der Waals surface area contributed by atoms with Crippen LogP contribution in [-0.2, 0) is 26.1 Å². The predicted octanol–water partition coefficient (Wildman–Crippen LogP) is 5.98. The van der Waals surface area contributed by atoms with Gasteiger partial charge in [-0.1, -0.05) is 47.5 Å². The minimum atomic E-state index is -4.32. The number of hydrogen-bond acceptors (Lipinski definition) is 8. The molecule has 1 heterocycles. The van der Waals surface area contributed by atoms with Gasteiger partial charge >= 0.3 is 5.97 Å². The Kier molecular flexibility index (Phi) is 11.2. The third kappa shape index (κ3) is 9.32. The molecule has 0 spiro atoms. The van der Waals surface area contributed by atoms with Crippen molar-refractivity contribution < 1.29 is 22.7 Å². The second-order valence-corrected chi connectivity index (χ2v) is 14.6. The van der Waals surface area contributed by atoms with Crippen LogP contribution in [0.25, 0.3) is 10.8 Å². The van der Waals surface area contributed by atoms with Crippen molar-refractivity contribution in [3.63, 3.8) is 0 Å². The fraction of sp³-hybridized carbons (Fsp3) is 0.303. The molecule has 0 unspecified atom stereocenters. The van der Waals surface area contributed by atoms with E-state index in [4.69, 9.17) is 27.9 Å². The van der Waals surface area contributed by atoms with E-state index in [-0.39, 0.29) is 33.1 Å². The molecule has 4 rings (SSSR count). The van der Waals surface area contributed by atoms with Crippen LogP contribution in [0.2, 0.25) is 10.0 Å². The first-order valence-electron chi connectivity index (χ1n) is 14.5. The van der Waals surface area contributed by atoms with Crippen LogP contribution in [-0.4, -0.2) is 69.5 Å². The van der Waals surface area contributed by atoms with Gasteiger partial charge in [-0.3, -0.25) is 13.9 Å². The average molecular weight is 687 g/mol. The van der Waals surface area contributed by atoms with Crippen molar-refractivity contribution >= 4 is 67.4 Å². The highest BCUT2D eigenvalue weighted by atomic mass is 35.5. The van der Waals surface area contributed by atoms with Crippen molar-refractivity contribution in [2.24, 2.45) is 0 Å². The summed E-state index contributed by atoms with van der Waals surface area (Å²) in [6.45, 7) is 6.38. The lowest BCUT2D eigenvalue weighted by molar-refractivity contribution is -0.152. The number of nitrogens with one attached hydrogen (secondary N) is 2. The molecular formula is C33H37Cl2N5O5S. The molecule has 0 aliphatic rings. The summed E-state index contributed by atoms with van der Waals surface area (Å²) in [5.74, 6) is -0.300. The SMILES string of the molecule is CN(C)CCNc1ccc(CNC(=O)c2cccc3cc(N(CC(=O)OC(C)(C)C)S(=O)(=O)c4cc(Cl)cc(Cl)c4)ccc23)cn1. The van der Waals surface area contributed by atoms with Gasteiger partial charge in [0, 0.05) is 41.4 Å². The highest BCUT2D eigenvalue weighted by molar-refractivity contribution is 7.92. The zero-order chi connectivity index (χ0) is 33.6. The number of hydrogen-bond donors (Lipinski definition) is 2. The summed E-state index contributed by atoms with van der Waals surface area (Å²) in [7, 11) is -0.323. The Hall–Kier alpha value is -3.90. The van der Waals surface area contributed by atoms with Gasteiger partial charge in [-0.2, -0.15) is 0 Å². The summed E-state index contributed by atoms with van der Waals surface area (Å²) in [6, 6.07) is 17.7. The Balaban J connectivity index is 1.59. The summed E-state index contributed by atoms with van der Waals surface area (Å²) < 4.78 is 34.2. The van der Waals surface area contributed by atoms with Gasteiger partial charge in [0.2, 0.25) is 0 Å². The number of amides is 1. The maximum Gasteiger partial charge on any atom is 0.327 e. The van der Waals surface area contributed by atoms with E-state index < -0.39 is 28.1 Å². The van der Waals surface area contributed by atoms with Gasteiger partial charge in [-0.25, -0.2) is 13.4 Å². The topological polar surface area (TPSA) is 121 Å². The molecular weight excluding hydrogens is 649 g/mol. The van der Waals surface area contributed by atoms with Crippen LogP contribution in [0.5, 0.6) is 0 Å². The first-order valence-corrected chi connectivity index (χ1v) is 16.7. The van der Waals surface area contributed by atoms with Crippen LogP contribution in [0.1, 0.15) is 36.7 Å². The smallest absolute Gasteiger partial charge is 0.327 e. The van der Waals surface area contributed by atoms with Gasteiger partial charge in [-0.05, 0) is 93.7 Å². The predicted molar refractivity (Wildman–Crippen MR) is 183 cm³/mol. The molecule has 10 nitrogen and oxygen atoms in total. The zero-order valence-corrected chi connectivity index (χ0v) is 28.6. The van der Waals surface area contributed by atoms with Gasteiger partial charge in [0.05, 0.1) is 10.6 Å². The third-order valence-electron chi connectivity index (χ3n) is 6.66. The number of ether oxygens (including phenoxy) is 1. The molecule has 0 saturated carbocycles. The summed E-state index contributed by atoms with van der Waals surface area (Å²) in [6.07, 6.45) is 1.71. The van der Waals surface area contributed by atoms with Crippen LogP contribution in [0.4, 0.5) is 11.5 Å². The minimum absolute atomic E-state index is 0.126. The Bertz CT molecular complexity index is 1810. The van der Waals surface area contributed by atoms with Gasteiger partial charge in [0.15, 0.2) is 0 Å². The van der Waals surface area contributed by atoms with E-state index in [1.165, 1.54) is 18.2 Å². The van der Waals surface area contributed by atoms with Crippen molar-refractivity contribution in [1.82, 2.24) is 15.2 Å². The number of fused-ring (bicyclic) bond motifs is 1. The zero-order valence-electron chi connectivity index (χ0n) is 26.3. The lowest BCUT2D eigenvalue weighted by atomic mass is 10.0. The summed E-state index contributed by atoms with van der Waals surface area (Å²) >= 11 is 12.2. The quantitative estimate of drug-likeness (QED) is 0.175. The van der Waals surface area contributed by atoms with Crippen LogP contribution in [0, 0.1) is 0 Å². The van der Waals surface area contributed by atoms with Crippen molar-refractivity contribution in [2.45, 2.75) is 37.8 Å². The summed E-state index contributed by atoms with van der Waals surface area (Å²) in [5.41, 5.74) is 0.594. The number of pyridine rings is 1. The normalized spacial score (nSPS) is 11.8. The van der Waals surface area contributed by atoms with Crippen molar-refractivity contribution in [3.05, 3.63) is 94.1 Å². The van der Waals surface area contributed by atoms with E-state index in [0.29, 0.717) is 16.3 Å². The number of halogens is 2. The van der Waals surface area contributed by atoms with Gasteiger partial charge in [-0.15, -0.1) is 0 Å². The van der Waals surface area contributed by atoms with Crippen molar-refractivity contribution in [3.8, 4) is 0 Å². The number of esters is 1. The van der Waals surface area contributed by atoms with E-state index in [0.717, 1.165) is 28.8 Å². The summed E-state index contributed by atoms with van der Waals surface area (Å²) in [4.78, 5) is 32.5. The van der Waals surface area contributed by atoms with Gasteiger partial charge in [0.1, 0.15) is 18.0 Å². The number of likely N-dealkylation sites (N-methyl/N-ethyl adjacent to an activating group) is 1. The maximum atomic E-state index is 13.9. The largest absolute Gasteiger partial charge is 0.459 e. The molecule has 3 aromatic carbocycles. The third-order valence-corrected chi connectivity index (χ3v) is 8.84. The highest BCUT2D eigenvalue weighted by Crippen LogP contribution is 2.31. The Morgan fingerprint density at radius 1 is 0.957 bits per heavy atom. The number of nitrogens with zero attached hydrogens (tertiary/aromatic N) is 3. The number of rotatable bonds is 12. The molecule has 0 bridgehead atoms. The van der Waals surface area contributed by atoms with Crippen LogP contribution in [0.3, 0.4) is 0 Å². The second-order valence-electron chi connectivity index (χ2n) is 11.9. The summed E-state index contributed by atoms with van der Waals surface area (Å²) in [5, 5.41) is 7.62. The van der Waals surface area contributed by atoms with Crippen molar-refractivity contribution in [1.29, 1.82) is 0 Å². The molecule has 0 radical (unpaired) electrons. The molecule has 1 aromatic heterocycles. The molecule has 0 atom stereocenters. The van der Waals surface area contributed by atoms with Crippen LogP contribution in [0.15, 0.2) is 77.8 Å². The lowest BCUT2D eigenvalue weighted by Crippen LogP contribution is -2.39. The molecule has 0 fully saturated rings. The number of sulfonamides is 1. The fourth-order valence-corrected chi connectivity index (χ4v) is 6.68. The lowest BCUT2D eigenvalue weighted by Gasteiger charge is -2.27. The van der Waals surface area contributed by atoms with Crippen LogP contribution < -0.4 is 14.9 Å². The van der Waals surface area contributed by atoms with E-state index >= 15 is 0 Å². The van der Waals surface area contributed by atoms with E-state index in [2.05, 4.69) is 20.5 Å². The monoisotopic (exact) mass is 685 g/mol. The van der Waals surface area contributed by atoms with Crippen molar-refractivity contribution in [2.75, 3.05) is 43.4 Å². The van der Waals surface area contributed by atoms with Gasteiger partial charge < -0.3 is 20.3 Å². The fourth-order valence-electron chi connectivity index (χ4n) is 4.55. The molecule has 46 heavy (non-hydrogen) atoms. The second kappa shape index (κ2) is 14.7. The van der Waals surface area contributed by atoms with Crippen LogP contribution >= 0.6 is 23.2 Å². The number of carbonyl (C=O) groups is 2. The first-order chi connectivity index (χ1) is 21.6. The highest BCUT2D eigenvalue weighted by Gasteiger charge is 2.30. The Labute approximate surface area is 279 Å². The maximum absolute atomic E-state index is 13.9. The van der Waals surface area contributed by atoms with E-state index in [9.17, 15) is 18.0 Å². The average Bonchev–Trinajstić information content (AvgIpc) is 2.97. The number of aromatic nitrogens is 1. The molecule has 244 valence electrons. The molecule has 0 saturated heterocycles. The molecule has 2 N–H and O–H groups in total. The molecule has 13 heteroatoms. The van der Waals surface area contributed by atoms with Gasteiger partial charge in [0.25, 0.3) is 15.9 Å².